The number of ether oxygens (including phenoxy) is 1. The summed E-state index contributed by atoms with van der Waals surface area (Å²) in [6.07, 6.45) is 4.35. The van der Waals surface area contributed by atoms with Crippen LogP contribution in [0.5, 0.6) is 0 Å². The lowest BCUT2D eigenvalue weighted by molar-refractivity contribution is -0.165. The molecular formula is C23H41N5O6. The van der Waals surface area contributed by atoms with E-state index in [9.17, 15) is 24.0 Å². The van der Waals surface area contributed by atoms with E-state index in [1.165, 1.54) is 13.8 Å². The predicted octanol–water partition coefficient (Wildman–Crippen LogP) is -0.00300. The number of nitrogens with one attached hydrogen (secondary N) is 3. The Balaban J connectivity index is 2.81. The lowest BCUT2D eigenvalue weighted by Crippen LogP contribution is -2.56. The number of rotatable bonds is 13. The Morgan fingerprint density at radius 2 is 1.50 bits per heavy atom. The van der Waals surface area contributed by atoms with Crippen molar-refractivity contribution in [2.75, 3.05) is 6.54 Å². The van der Waals surface area contributed by atoms with Crippen molar-refractivity contribution in [2.24, 2.45) is 17.4 Å². The molecule has 0 aromatic carbocycles. The zero-order valence-corrected chi connectivity index (χ0v) is 20.8. The third kappa shape index (κ3) is 9.76. The van der Waals surface area contributed by atoms with E-state index in [0.29, 0.717) is 38.6 Å². The molecular weight excluding hydrogens is 442 g/mol. The highest BCUT2D eigenvalue weighted by Gasteiger charge is 2.40. The van der Waals surface area contributed by atoms with Crippen LogP contribution in [0.2, 0.25) is 0 Å². The van der Waals surface area contributed by atoms with Crippen LogP contribution in [-0.2, 0) is 28.7 Å². The Labute approximate surface area is 201 Å². The van der Waals surface area contributed by atoms with Gasteiger partial charge in [0.05, 0.1) is 0 Å². The van der Waals surface area contributed by atoms with Gasteiger partial charge in [-0.2, -0.15) is 0 Å². The average Bonchev–Trinajstić information content (AvgIpc) is 3.19. The number of hydrogen-bond donors (Lipinski definition) is 5. The molecule has 1 saturated carbocycles. The average molecular weight is 484 g/mol. The lowest BCUT2D eigenvalue weighted by Gasteiger charge is -2.25. The maximum atomic E-state index is 12.9. The third-order valence-corrected chi connectivity index (χ3v) is 5.79. The van der Waals surface area contributed by atoms with Crippen LogP contribution < -0.4 is 27.4 Å². The molecule has 0 aliphatic heterocycles. The Morgan fingerprint density at radius 3 is 2.03 bits per heavy atom. The normalized spacial score (nSPS) is 17.4. The number of carbonyl (C=O) groups excluding carboxylic acids is 5. The summed E-state index contributed by atoms with van der Waals surface area (Å²) < 4.78 is 4.92. The topological polar surface area (TPSA) is 183 Å². The van der Waals surface area contributed by atoms with E-state index < -0.39 is 47.4 Å². The van der Waals surface area contributed by atoms with Crippen LogP contribution in [0.15, 0.2) is 0 Å². The Hall–Kier alpha value is -2.53. The van der Waals surface area contributed by atoms with Crippen LogP contribution in [0.4, 0.5) is 0 Å². The highest BCUT2D eigenvalue weighted by Crippen LogP contribution is 2.28. The summed E-state index contributed by atoms with van der Waals surface area (Å²) >= 11 is 0. The fourth-order valence-corrected chi connectivity index (χ4v) is 3.85. The van der Waals surface area contributed by atoms with E-state index in [1.807, 2.05) is 13.8 Å². The first-order chi connectivity index (χ1) is 15.9. The van der Waals surface area contributed by atoms with Crippen molar-refractivity contribution in [3.63, 3.8) is 0 Å². The number of unbranched alkanes of at least 4 members (excludes halogenated alkanes) is 1. The van der Waals surface area contributed by atoms with Crippen LogP contribution >= 0.6 is 0 Å². The Kier molecular flexibility index (Phi) is 12.2. The van der Waals surface area contributed by atoms with Crippen molar-refractivity contribution in [1.82, 2.24) is 16.0 Å². The minimum Gasteiger partial charge on any atom is -0.390 e. The minimum atomic E-state index is -1.17. The molecule has 0 unspecified atom stereocenters. The number of amides is 3. The summed E-state index contributed by atoms with van der Waals surface area (Å²) in [4.78, 5) is 61.9. The third-order valence-electron chi connectivity index (χ3n) is 5.79. The molecule has 1 fully saturated rings. The van der Waals surface area contributed by atoms with Crippen LogP contribution in [0.25, 0.3) is 0 Å². The van der Waals surface area contributed by atoms with Gasteiger partial charge in [0.2, 0.25) is 17.7 Å². The standard InChI is InChI=1S/C23H41N5O6/c1-14(2)13-18(27-16(4)29)20(31)28-17(9-5-8-12-24)19(30)26-15(3)21(32)34-22(33)23(25)10-6-7-11-23/h14-15,17-18H,5-13,24-25H2,1-4H3,(H,26,30)(H,27,29)(H,28,31)/t15-,17-,18-/m0/s1. The molecule has 0 heterocycles. The molecule has 7 N–H and O–H groups in total. The van der Waals surface area contributed by atoms with Crippen LogP contribution in [0, 0.1) is 5.92 Å². The summed E-state index contributed by atoms with van der Waals surface area (Å²) in [6, 6.07) is -2.88. The first kappa shape index (κ1) is 29.5. The van der Waals surface area contributed by atoms with Gasteiger partial charge in [-0.05, 0) is 57.9 Å². The van der Waals surface area contributed by atoms with Gasteiger partial charge in [0.15, 0.2) is 0 Å². The summed E-state index contributed by atoms with van der Waals surface area (Å²) in [6.45, 7) is 6.97. The van der Waals surface area contributed by atoms with Crippen molar-refractivity contribution in [3.8, 4) is 0 Å². The first-order valence-electron chi connectivity index (χ1n) is 12.0. The molecule has 0 bridgehead atoms. The summed E-state index contributed by atoms with van der Waals surface area (Å²) in [5.41, 5.74) is 10.4. The molecule has 0 spiro atoms. The molecule has 11 nitrogen and oxygen atoms in total. The molecule has 1 aliphatic rings. The second-order valence-electron chi connectivity index (χ2n) is 9.53. The lowest BCUT2D eigenvalue weighted by atomic mass is 10.00. The number of carbonyl (C=O) groups is 5. The SMILES string of the molecule is CC(=O)N[C@@H](CC(C)C)C(=O)N[C@@H](CCCCN)C(=O)N[C@@H](C)C(=O)OC(=O)C1(N)CCCC1. The first-order valence-corrected chi connectivity index (χ1v) is 12.0. The Bertz CT molecular complexity index is 735. The van der Waals surface area contributed by atoms with Crippen molar-refractivity contribution < 1.29 is 28.7 Å². The van der Waals surface area contributed by atoms with Crippen LogP contribution in [0.3, 0.4) is 0 Å². The van der Waals surface area contributed by atoms with E-state index in [2.05, 4.69) is 16.0 Å². The summed E-state index contributed by atoms with van der Waals surface area (Å²) in [5, 5.41) is 7.79. The second kappa shape index (κ2) is 14.0. The number of hydrogen-bond acceptors (Lipinski definition) is 8. The smallest absolute Gasteiger partial charge is 0.336 e. The van der Waals surface area contributed by atoms with Gasteiger partial charge in [0, 0.05) is 6.92 Å². The largest absolute Gasteiger partial charge is 0.390 e. The zero-order valence-electron chi connectivity index (χ0n) is 20.8. The Morgan fingerprint density at radius 1 is 0.912 bits per heavy atom. The molecule has 0 saturated heterocycles. The van der Waals surface area contributed by atoms with Gasteiger partial charge >= 0.3 is 11.9 Å². The van der Waals surface area contributed by atoms with Gasteiger partial charge in [-0.3, -0.25) is 14.4 Å². The molecule has 0 aromatic heterocycles. The van der Waals surface area contributed by atoms with E-state index >= 15 is 0 Å². The predicted molar refractivity (Wildman–Crippen MR) is 126 cm³/mol. The van der Waals surface area contributed by atoms with E-state index in [-0.39, 0.29) is 18.2 Å². The van der Waals surface area contributed by atoms with E-state index in [4.69, 9.17) is 16.2 Å². The monoisotopic (exact) mass is 483 g/mol. The van der Waals surface area contributed by atoms with Crippen molar-refractivity contribution >= 4 is 29.7 Å². The highest BCUT2D eigenvalue weighted by atomic mass is 16.6. The van der Waals surface area contributed by atoms with Crippen LogP contribution in [0.1, 0.15) is 79.1 Å². The fourth-order valence-electron chi connectivity index (χ4n) is 3.85. The van der Waals surface area contributed by atoms with E-state index in [1.54, 1.807) is 0 Å². The summed E-state index contributed by atoms with van der Waals surface area (Å²) in [5.74, 6) is -3.03. The van der Waals surface area contributed by atoms with Gasteiger partial charge in [0.25, 0.3) is 0 Å². The molecule has 3 amide bonds. The van der Waals surface area contributed by atoms with Gasteiger partial charge in [-0.15, -0.1) is 0 Å². The molecule has 0 radical (unpaired) electrons. The molecule has 1 rings (SSSR count). The quantitative estimate of drug-likeness (QED) is 0.138. The van der Waals surface area contributed by atoms with Crippen molar-refractivity contribution in [3.05, 3.63) is 0 Å². The fraction of sp³-hybridized carbons (Fsp3) is 0.783. The number of nitrogens with two attached hydrogens (primary N) is 2. The van der Waals surface area contributed by atoms with Gasteiger partial charge < -0.3 is 32.2 Å². The van der Waals surface area contributed by atoms with Crippen molar-refractivity contribution in [2.45, 2.75) is 103 Å². The zero-order chi connectivity index (χ0) is 25.9. The number of esters is 2. The maximum Gasteiger partial charge on any atom is 0.336 e. The van der Waals surface area contributed by atoms with Gasteiger partial charge in [-0.1, -0.05) is 26.7 Å². The summed E-state index contributed by atoms with van der Waals surface area (Å²) in [7, 11) is 0. The molecule has 0 aromatic rings. The molecule has 11 heteroatoms. The van der Waals surface area contributed by atoms with Gasteiger partial charge in [0.1, 0.15) is 23.7 Å². The van der Waals surface area contributed by atoms with Crippen molar-refractivity contribution in [1.29, 1.82) is 0 Å². The minimum absolute atomic E-state index is 0.130. The molecule has 1 aliphatic carbocycles. The van der Waals surface area contributed by atoms with Gasteiger partial charge in [-0.25, -0.2) is 9.59 Å². The highest BCUT2D eigenvalue weighted by molar-refractivity contribution is 5.96. The van der Waals surface area contributed by atoms with Crippen LogP contribution in [-0.4, -0.2) is 59.9 Å². The molecule has 34 heavy (non-hydrogen) atoms. The maximum absolute atomic E-state index is 12.9. The molecule has 3 atom stereocenters. The van der Waals surface area contributed by atoms with E-state index in [0.717, 1.165) is 12.8 Å². The molecule has 194 valence electrons. The second-order valence-corrected chi connectivity index (χ2v) is 9.53.